The van der Waals surface area contributed by atoms with E-state index in [1.165, 1.54) is 0 Å². The van der Waals surface area contributed by atoms with Crippen molar-refractivity contribution in [3.8, 4) is 0 Å². The van der Waals surface area contributed by atoms with Gasteiger partial charge in [0.2, 0.25) is 0 Å². The number of hydrogen-bond donors (Lipinski definition) is 1. The summed E-state index contributed by atoms with van der Waals surface area (Å²) in [5.41, 5.74) is 5.92. The number of carbonyl (C=O) groups is 1. The number of rotatable bonds is 7. The standard InChI is InChI=1S/C13H16N4O/c1-11(8-12(18)9-14)4-2-5-15-10-13-16-6-3-7-17-13/h2-7H,1,8-10,14H2/b4-2-,15-5?. The highest BCUT2D eigenvalue weighted by molar-refractivity contribution is 5.83. The molecule has 1 rings (SSSR count). The van der Waals surface area contributed by atoms with Gasteiger partial charge in [0, 0.05) is 25.0 Å². The molecule has 5 nitrogen and oxygen atoms in total. The van der Waals surface area contributed by atoms with E-state index in [0.717, 1.165) is 0 Å². The van der Waals surface area contributed by atoms with Gasteiger partial charge in [-0.25, -0.2) is 9.97 Å². The summed E-state index contributed by atoms with van der Waals surface area (Å²) >= 11 is 0. The predicted octanol–water partition coefficient (Wildman–Crippen LogP) is 1.08. The van der Waals surface area contributed by atoms with E-state index in [9.17, 15) is 4.79 Å². The van der Waals surface area contributed by atoms with Crippen molar-refractivity contribution in [2.45, 2.75) is 13.0 Å². The summed E-state index contributed by atoms with van der Waals surface area (Å²) in [6.07, 6.45) is 8.73. The molecule has 0 saturated heterocycles. The van der Waals surface area contributed by atoms with E-state index in [1.807, 2.05) is 0 Å². The Morgan fingerprint density at radius 2 is 2.17 bits per heavy atom. The van der Waals surface area contributed by atoms with Gasteiger partial charge >= 0.3 is 0 Å². The van der Waals surface area contributed by atoms with Gasteiger partial charge in [0.25, 0.3) is 0 Å². The smallest absolute Gasteiger partial charge is 0.150 e. The minimum atomic E-state index is -0.0284. The number of Topliss-reactive ketones (excluding diaryl/α,β-unsaturated/α-hetero) is 1. The average Bonchev–Trinajstić information content (AvgIpc) is 2.39. The Kier molecular flexibility index (Phi) is 6.21. The van der Waals surface area contributed by atoms with Gasteiger partial charge in [0.1, 0.15) is 5.82 Å². The molecule has 0 bridgehead atoms. The summed E-state index contributed by atoms with van der Waals surface area (Å²) < 4.78 is 0. The highest BCUT2D eigenvalue weighted by Gasteiger charge is 1.98. The largest absolute Gasteiger partial charge is 0.324 e. The van der Waals surface area contributed by atoms with E-state index < -0.39 is 0 Å². The Morgan fingerprint density at radius 3 is 2.83 bits per heavy atom. The molecular weight excluding hydrogens is 228 g/mol. The van der Waals surface area contributed by atoms with E-state index >= 15 is 0 Å². The summed E-state index contributed by atoms with van der Waals surface area (Å²) in [6, 6.07) is 1.76. The molecule has 1 aromatic heterocycles. The minimum Gasteiger partial charge on any atom is -0.324 e. The van der Waals surface area contributed by atoms with Gasteiger partial charge in [0.15, 0.2) is 5.78 Å². The van der Waals surface area contributed by atoms with Crippen LogP contribution >= 0.6 is 0 Å². The second-order valence-corrected chi connectivity index (χ2v) is 3.59. The topological polar surface area (TPSA) is 81.2 Å². The van der Waals surface area contributed by atoms with Gasteiger partial charge < -0.3 is 5.73 Å². The molecular formula is C13H16N4O. The van der Waals surface area contributed by atoms with Crippen LogP contribution in [-0.2, 0) is 11.3 Å². The second kappa shape index (κ2) is 8.03. The number of ketones is 1. The Labute approximate surface area is 106 Å². The summed E-state index contributed by atoms with van der Waals surface area (Å²) in [5, 5.41) is 0. The van der Waals surface area contributed by atoms with E-state index in [0.29, 0.717) is 17.9 Å². The molecule has 0 saturated carbocycles. The third kappa shape index (κ3) is 5.81. The predicted molar refractivity (Wildman–Crippen MR) is 71.2 cm³/mol. The van der Waals surface area contributed by atoms with Crippen molar-refractivity contribution >= 4 is 12.0 Å². The number of hydrogen-bond acceptors (Lipinski definition) is 5. The number of carbonyl (C=O) groups excluding carboxylic acids is 1. The highest BCUT2D eigenvalue weighted by Crippen LogP contribution is 1.99. The molecule has 5 heteroatoms. The van der Waals surface area contributed by atoms with E-state index in [-0.39, 0.29) is 18.7 Å². The molecule has 1 aromatic rings. The number of aromatic nitrogens is 2. The van der Waals surface area contributed by atoms with E-state index in [2.05, 4.69) is 21.5 Å². The van der Waals surface area contributed by atoms with Gasteiger partial charge in [0.05, 0.1) is 13.1 Å². The first-order chi connectivity index (χ1) is 8.72. The number of nitrogens with zero attached hydrogens (tertiary/aromatic N) is 3. The lowest BCUT2D eigenvalue weighted by Crippen LogP contribution is -2.13. The van der Waals surface area contributed by atoms with Crippen molar-refractivity contribution in [3.63, 3.8) is 0 Å². The minimum absolute atomic E-state index is 0.0284. The van der Waals surface area contributed by atoms with Crippen LogP contribution in [0, 0.1) is 0 Å². The number of allylic oxidation sites excluding steroid dienone is 3. The van der Waals surface area contributed by atoms with E-state index in [4.69, 9.17) is 5.73 Å². The van der Waals surface area contributed by atoms with Gasteiger partial charge in [-0.05, 0) is 17.7 Å². The summed E-state index contributed by atoms with van der Waals surface area (Å²) in [6.45, 7) is 4.23. The van der Waals surface area contributed by atoms with Crippen LogP contribution in [0.3, 0.4) is 0 Å². The lowest BCUT2D eigenvalue weighted by Gasteiger charge is -1.95. The average molecular weight is 244 g/mol. The molecule has 0 spiro atoms. The number of aliphatic imine (C=N–C) groups is 1. The molecule has 18 heavy (non-hydrogen) atoms. The normalized spacial score (nSPS) is 11.2. The maximum atomic E-state index is 11.0. The zero-order valence-corrected chi connectivity index (χ0v) is 10.1. The second-order valence-electron chi connectivity index (χ2n) is 3.59. The fourth-order valence-electron chi connectivity index (χ4n) is 1.17. The van der Waals surface area contributed by atoms with Crippen LogP contribution in [0.15, 0.2) is 47.8 Å². The zero-order valence-electron chi connectivity index (χ0n) is 10.1. The molecule has 0 aliphatic rings. The first-order valence-corrected chi connectivity index (χ1v) is 5.54. The SMILES string of the molecule is C=C(/C=C\C=NCc1ncccn1)CC(=O)CN. The Morgan fingerprint density at radius 1 is 1.44 bits per heavy atom. The summed E-state index contributed by atoms with van der Waals surface area (Å²) in [5.74, 6) is 0.638. The Balaban J connectivity index is 2.32. The van der Waals surface area contributed by atoms with Crippen LogP contribution in [0.4, 0.5) is 0 Å². The molecule has 0 amide bonds. The number of nitrogens with two attached hydrogens (primary N) is 1. The van der Waals surface area contributed by atoms with Crippen molar-refractivity contribution in [2.75, 3.05) is 6.54 Å². The molecule has 94 valence electrons. The summed E-state index contributed by atoms with van der Waals surface area (Å²) in [4.78, 5) is 23.2. The van der Waals surface area contributed by atoms with Crippen molar-refractivity contribution in [3.05, 3.63) is 48.6 Å². The molecule has 1 heterocycles. The lowest BCUT2D eigenvalue weighted by molar-refractivity contribution is -0.117. The van der Waals surface area contributed by atoms with Gasteiger partial charge in [-0.15, -0.1) is 0 Å². The van der Waals surface area contributed by atoms with Crippen molar-refractivity contribution < 1.29 is 4.79 Å². The maximum absolute atomic E-state index is 11.0. The Bertz CT molecular complexity index is 451. The molecule has 0 aromatic carbocycles. The maximum Gasteiger partial charge on any atom is 0.150 e. The molecule has 0 radical (unpaired) electrons. The third-order valence-electron chi connectivity index (χ3n) is 2.03. The van der Waals surface area contributed by atoms with Crippen LogP contribution in [0.5, 0.6) is 0 Å². The summed E-state index contributed by atoms with van der Waals surface area (Å²) in [7, 11) is 0. The van der Waals surface area contributed by atoms with Crippen LogP contribution in [0.2, 0.25) is 0 Å². The molecule has 0 unspecified atom stereocenters. The quantitative estimate of drug-likeness (QED) is 0.574. The zero-order chi connectivity index (χ0) is 13.2. The van der Waals surface area contributed by atoms with Crippen molar-refractivity contribution in [1.29, 1.82) is 0 Å². The first kappa shape index (κ1) is 13.9. The van der Waals surface area contributed by atoms with Crippen molar-refractivity contribution in [2.24, 2.45) is 10.7 Å². The van der Waals surface area contributed by atoms with Gasteiger partial charge in [-0.3, -0.25) is 9.79 Å². The molecule has 2 N–H and O–H groups in total. The fraction of sp³-hybridized carbons (Fsp3) is 0.231. The van der Waals surface area contributed by atoms with Gasteiger partial charge in [-0.1, -0.05) is 12.7 Å². The van der Waals surface area contributed by atoms with Crippen LogP contribution < -0.4 is 5.73 Å². The first-order valence-electron chi connectivity index (χ1n) is 5.54. The highest BCUT2D eigenvalue weighted by atomic mass is 16.1. The Hall–Kier alpha value is -2.14. The van der Waals surface area contributed by atoms with E-state index in [1.54, 1.807) is 36.8 Å². The lowest BCUT2D eigenvalue weighted by atomic mass is 10.1. The fourth-order valence-corrected chi connectivity index (χ4v) is 1.17. The third-order valence-corrected chi connectivity index (χ3v) is 2.03. The molecule has 0 aliphatic carbocycles. The van der Waals surface area contributed by atoms with Crippen LogP contribution in [0.25, 0.3) is 0 Å². The molecule has 0 aliphatic heterocycles. The van der Waals surface area contributed by atoms with Crippen LogP contribution in [0.1, 0.15) is 12.2 Å². The van der Waals surface area contributed by atoms with Crippen molar-refractivity contribution in [1.82, 2.24) is 9.97 Å². The molecule has 0 atom stereocenters. The van der Waals surface area contributed by atoms with Crippen LogP contribution in [-0.4, -0.2) is 28.5 Å². The monoisotopic (exact) mass is 244 g/mol. The van der Waals surface area contributed by atoms with Gasteiger partial charge in [-0.2, -0.15) is 0 Å². The molecule has 0 fully saturated rings.